The van der Waals surface area contributed by atoms with E-state index < -0.39 is 15.8 Å². The van der Waals surface area contributed by atoms with Crippen LogP contribution in [0.1, 0.15) is 39.0 Å². The molecular formula is C37H46O4P2. The number of para-hydroxylation sites is 4. The maximum absolute atomic E-state index is 5.94. The molecule has 0 aliphatic carbocycles. The average molecular weight is 617 g/mol. The molecule has 0 bridgehead atoms. The Bertz CT molecular complexity index is 1210. The van der Waals surface area contributed by atoms with Gasteiger partial charge in [0.05, 0.1) is 28.4 Å². The van der Waals surface area contributed by atoms with Crippen LogP contribution in [-0.2, 0) is 0 Å². The summed E-state index contributed by atoms with van der Waals surface area (Å²) in [7, 11) is 5.59. The van der Waals surface area contributed by atoms with Gasteiger partial charge in [0.2, 0.25) is 0 Å². The molecule has 0 saturated carbocycles. The van der Waals surface area contributed by atoms with E-state index in [4.69, 9.17) is 18.9 Å². The highest BCUT2D eigenvalue weighted by molar-refractivity contribution is 7.74. The molecular weight excluding hydrogens is 570 g/mol. The SMILES string of the molecule is CCCCCCC(CP(c1ccccc1OC)c1ccccc1OC)CP(c1ccccc1OC)c1ccccc1OC. The Morgan fingerprint density at radius 3 is 1.09 bits per heavy atom. The van der Waals surface area contributed by atoms with Gasteiger partial charge in [0.1, 0.15) is 23.0 Å². The summed E-state index contributed by atoms with van der Waals surface area (Å²) in [6.07, 6.45) is 8.25. The molecule has 0 aromatic heterocycles. The third-order valence-electron chi connectivity index (χ3n) is 7.85. The Morgan fingerprint density at radius 1 is 0.465 bits per heavy atom. The standard InChI is InChI=1S/C37H46O4P2/c1-6-7-8-9-18-29(27-42(34-23-14-10-19-30(34)38-2)35-24-15-11-20-31(35)39-3)28-43(36-25-16-12-21-32(36)40-4)37-26-17-13-22-33(37)41-5/h10-17,19-26,29H,6-9,18,27-28H2,1-5H3. The summed E-state index contributed by atoms with van der Waals surface area (Å²) in [4.78, 5) is 0. The van der Waals surface area contributed by atoms with Crippen LogP contribution in [0, 0.1) is 5.92 Å². The van der Waals surface area contributed by atoms with Crippen LogP contribution >= 0.6 is 15.8 Å². The van der Waals surface area contributed by atoms with E-state index in [1.807, 2.05) is 0 Å². The minimum absolute atomic E-state index is 0.471. The van der Waals surface area contributed by atoms with E-state index in [0.29, 0.717) is 5.92 Å². The van der Waals surface area contributed by atoms with Gasteiger partial charge in [0.15, 0.2) is 0 Å². The maximum Gasteiger partial charge on any atom is 0.126 e. The molecule has 4 aromatic carbocycles. The van der Waals surface area contributed by atoms with Crippen molar-refractivity contribution >= 4 is 37.1 Å². The normalized spacial score (nSPS) is 11.3. The van der Waals surface area contributed by atoms with E-state index in [9.17, 15) is 0 Å². The molecule has 0 aliphatic heterocycles. The maximum atomic E-state index is 5.94. The summed E-state index contributed by atoms with van der Waals surface area (Å²) in [5, 5.41) is 5.06. The van der Waals surface area contributed by atoms with Crippen LogP contribution in [0.4, 0.5) is 0 Å². The first kappa shape index (κ1) is 32.8. The molecule has 43 heavy (non-hydrogen) atoms. The molecule has 0 N–H and O–H groups in total. The molecule has 4 nitrogen and oxygen atoms in total. The first-order valence-electron chi connectivity index (χ1n) is 15.2. The molecule has 0 heterocycles. The average Bonchev–Trinajstić information content (AvgIpc) is 3.07. The van der Waals surface area contributed by atoms with E-state index >= 15 is 0 Å². The number of benzene rings is 4. The smallest absolute Gasteiger partial charge is 0.126 e. The Hall–Kier alpha value is -3.06. The van der Waals surface area contributed by atoms with Gasteiger partial charge in [-0.05, 0) is 64.8 Å². The largest absolute Gasteiger partial charge is 0.496 e. The monoisotopic (exact) mass is 616 g/mol. The van der Waals surface area contributed by atoms with Crippen molar-refractivity contribution in [1.82, 2.24) is 0 Å². The number of methoxy groups -OCH3 is 4. The van der Waals surface area contributed by atoms with E-state index in [0.717, 1.165) is 35.3 Å². The van der Waals surface area contributed by atoms with Crippen molar-refractivity contribution in [3.63, 3.8) is 0 Å². The molecule has 0 unspecified atom stereocenters. The quantitative estimate of drug-likeness (QED) is 0.0894. The van der Waals surface area contributed by atoms with Crippen molar-refractivity contribution in [2.75, 3.05) is 40.8 Å². The Kier molecular flexibility index (Phi) is 13.2. The summed E-state index contributed by atoms with van der Waals surface area (Å²) in [5.41, 5.74) is 0. The molecule has 0 saturated heterocycles. The van der Waals surface area contributed by atoms with Crippen molar-refractivity contribution in [3.8, 4) is 23.0 Å². The highest BCUT2D eigenvalue weighted by atomic mass is 31.1. The molecule has 0 spiro atoms. The van der Waals surface area contributed by atoms with Crippen LogP contribution < -0.4 is 40.2 Å². The van der Waals surface area contributed by atoms with Gasteiger partial charge in [-0.2, -0.15) is 0 Å². The number of unbranched alkanes of at least 4 members (excludes halogenated alkanes) is 3. The minimum atomic E-state index is -0.761. The van der Waals surface area contributed by atoms with Crippen LogP contribution in [0.25, 0.3) is 0 Å². The zero-order chi connectivity index (χ0) is 30.4. The van der Waals surface area contributed by atoms with Crippen LogP contribution in [0.2, 0.25) is 0 Å². The molecule has 4 aromatic rings. The van der Waals surface area contributed by atoms with Crippen molar-refractivity contribution in [2.45, 2.75) is 39.0 Å². The van der Waals surface area contributed by atoms with Gasteiger partial charge in [-0.25, -0.2) is 0 Å². The van der Waals surface area contributed by atoms with Gasteiger partial charge in [-0.15, -0.1) is 0 Å². The molecule has 6 heteroatoms. The van der Waals surface area contributed by atoms with E-state index in [1.165, 1.54) is 53.3 Å². The van der Waals surface area contributed by atoms with Gasteiger partial charge in [0, 0.05) is 21.2 Å². The second-order valence-electron chi connectivity index (χ2n) is 10.6. The van der Waals surface area contributed by atoms with Gasteiger partial charge >= 0.3 is 0 Å². The van der Waals surface area contributed by atoms with Crippen molar-refractivity contribution in [2.24, 2.45) is 5.92 Å². The lowest BCUT2D eigenvalue weighted by Gasteiger charge is -2.31. The summed E-state index contributed by atoms with van der Waals surface area (Å²) < 4.78 is 23.8. The van der Waals surface area contributed by atoms with Gasteiger partial charge in [0.25, 0.3) is 0 Å². The fraction of sp³-hybridized carbons (Fsp3) is 0.351. The molecule has 4 rings (SSSR count). The molecule has 0 aliphatic rings. The third kappa shape index (κ3) is 8.53. The van der Waals surface area contributed by atoms with Crippen LogP contribution in [0.3, 0.4) is 0 Å². The lowest BCUT2D eigenvalue weighted by atomic mass is 10.0. The zero-order valence-corrected chi connectivity index (χ0v) is 28.1. The summed E-state index contributed by atoms with van der Waals surface area (Å²) in [5.74, 6) is 4.25. The Labute approximate surface area is 261 Å². The minimum Gasteiger partial charge on any atom is -0.496 e. The first-order chi connectivity index (χ1) is 21.1. The van der Waals surface area contributed by atoms with E-state index in [-0.39, 0.29) is 0 Å². The second-order valence-corrected chi connectivity index (χ2v) is 15.0. The van der Waals surface area contributed by atoms with Crippen molar-refractivity contribution in [3.05, 3.63) is 97.1 Å². The van der Waals surface area contributed by atoms with Gasteiger partial charge in [-0.1, -0.05) is 105 Å². The lowest BCUT2D eigenvalue weighted by Crippen LogP contribution is -2.26. The summed E-state index contributed by atoms with van der Waals surface area (Å²) in [6.45, 7) is 2.28. The molecule has 0 amide bonds. The highest BCUT2D eigenvalue weighted by Crippen LogP contribution is 2.48. The van der Waals surface area contributed by atoms with Gasteiger partial charge < -0.3 is 18.9 Å². The topological polar surface area (TPSA) is 36.9 Å². The number of ether oxygens (including phenoxy) is 4. The second kappa shape index (κ2) is 17.3. The van der Waals surface area contributed by atoms with Crippen molar-refractivity contribution in [1.29, 1.82) is 0 Å². The fourth-order valence-corrected chi connectivity index (χ4v) is 11.6. The predicted octanol–water partition coefficient (Wildman–Crippen LogP) is 7.87. The summed E-state index contributed by atoms with van der Waals surface area (Å²) in [6, 6.07) is 34.1. The van der Waals surface area contributed by atoms with Crippen LogP contribution in [0.15, 0.2) is 97.1 Å². The predicted molar refractivity (Wildman–Crippen MR) is 186 cm³/mol. The first-order valence-corrected chi connectivity index (χ1v) is 18.3. The van der Waals surface area contributed by atoms with Crippen molar-refractivity contribution < 1.29 is 18.9 Å². The molecule has 228 valence electrons. The fourth-order valence-electron chi connectivity index (χ4n) is 5.68. The highest BCUT2D eigenvalue weighted by Gasteiger charge is 2.29. The lowest BCUT2D eigenvalue weighted by molar-refractivity contribution is 0.417. The Balaban J connectivity index is 1.82. The van der Waals surface area contributed by atoms with Crippen LogP contribution in [-0.4, -0.2) is 40.8 Å². The van der Waals surface area contributed by atoms with Crippen LogP contribution in [0.5, 0.6) is 23.0 Å². The Morgan fingerprint density at radius 2 is 0.791 bits per heavy atom. The molecule has 0 atom stereocenters. The number of rotatable bonds is 17. The third-order valence-corrected chi connectivity index (χ3v) is 13.4. The molecule has 0 fully saturated rings. The zero-order valence-electron chi connectivity index (χ0n) is 26.3. The summed E-state index contributed by atoms with van der Waals surface area (Å²) >= 11 is 0. The number of hydrogen-bond acceptors (Lipinski definition) is 4. The van der Waals surface area contributed by atoms with Gasteiger partial charge in [-0.3, -0.25) is 0 Å². The molecule has 0 radical (unpaired) electrons. The van der Waals surface area contributed by atoms with E-state index in [2.05, 4.69) is 104 Å². The number of hydrogen-bond donors (Lipinski definition) is 0. The van der Waals surface area contributed by atoms with E-state index in [1.54, 1.807) is 28.4 Å².